The van der Waals surface area contributed by atoms with Crippen molar-refractivity contribution in [3.63, 3.8) is 0 Å². The molecule has 1 aliphatic carbocycles. The molecular weight excluding hydrogens is 446 g/mol. The van der Waals surface area contributed by atoms with Gasteiger partial charge in [0.25, 0.3) is 0 Å². The van der Waals surface area contributed by atoms with E-state index in [-0.39, 0.29) is 23.7 Å². The summed E-state index contributed by atoms with van der Waals surface area (Å²) in [5.41, 5.74) is 2.05. The van der Waals surface area contributed by atoms with Crippen molar-refractivity contribution in [2.75, 3.05) is 6.61 Å². The summed E-state index contributed by atoms with van der Waals surface area (Å²) < 4.78 is 46.4. The molecule has 5 rings (SSSR count). The molecule has 0 aromatic heterocycles. The molecule has 2 N–H and O–H groups in total. The molecule has 0 saturated heterocycles. The van der Waals surface area contributed by atoms with Crippen molar-refractivity contribution in [3.05, 3.63) is 82.4 Å². The summed E-state index contributed by atoms with van der Waals surface area (Å²) in [6.07, 6.45) is 0.501. The molecule has 2 aliphatic rings. The highest BCUT2D eigenvalue weighted by Gasteiger charge is 2.32. The van der Waals surface area contributed by atoms with Gasteiger partial charge in [-0.3, -0.25) is 4.79 Å². The molecule has 34 heavy (non-hydrogen) atoms. The van der Waals surface area contributed by atoms with Gasteiger partial charge in [-0.25, -0.2) is 8.78 Å². The second-order valence-corrected chi connectivity index (χ2v) is 8.40. The summed E-state index contributed by atoms with van der Waals surface area (Å²) in [6, 6.07) is 12.2. The normalized spacial score (nSPS) is 18.2. The zero-order valence-electron chi connectivity index (χ0n) is 18.1. The third kappa shape index (κ3) is 4.17. The maximum absolute atomic E-state index is 14.8. The van der Waals surface area contributed by atoms with Gasteiger partial charge in [0.2, 0.25) is 0 Å². The molecule has 176 valence electrons. The number of carbonyl (C=O) groups is 1. The average molecular weight is 468 g/mol. The first-order valence-electron chi connectivity index (χ1n) is 11.0. The van der Waals surface area contributed by atoms with Crippen molar-refractivity contribution in [2.24, 2.45) is 0 Å². The first kappa shape index (κ1) is 22.2. The molecule has 3 aromatic rings. The third-order valence-corrected chi connectivity index (χ3v) is 6.23. The summed E-state index contributed by atoms with van der Waals surface area (Å²) in [5.74, 6) is -0.332. The minimum absolute atomic E-state index is 0.0101. The molecule has 0 fully saturated rings. The van der Waals surface area contributed by atoms with Gasteiger partial charge in [-0.1, -0.05) is 12.1 Å². The van der Waals surface area contributed by atoms with Crippen LogP contribution in [-0.4, -0.2) is 22.8 Å². The number of hydrogen-bond acceptors (Lipinski definition) is 5. The van der Waals surface area contributed by atoms with E-state index >= 15 is 0 Å². The van der Waals surface area contributed by atoms with E-state index in [9.17, 15) is 13.6 Å². The van der Waals surface area contributed by atoms with Gasteiger partial charge < -0.3 is 24.4 Å². The minimum Gasteiger partial charge on any atom is -0.492 e. The van der Waals surface area contributed by atoms with Gasteiger partial charge in [0, 0.05) is 40.3 Å². The fourth-order valence-electron chi connectivity index (χ4n) is 4.58. The van der Waals surface area contributed by atoms with Crippen molar-refractivity contribution in [3.8, 4) is 23.0 Å². The highest BCUT2D eigenvalue weighted by Crippen LogP contribution is 2.44. The summed E-state index contributed by atoms with van der Waals surface area (Å²) >= 11 is 0. The molecule has 0 saturated carbocycles. The van der Waals surface area contributed by atoms with E-state index in [1.807, 2.05) is 0 Å². The number of rotatable bonds is 7. The molecule has 1 aliphatic heterocycles. The Morgan fingerprint density at radius 3 is 2.65 bits per heavy atom. The van der Waals surface area contributed by atoms with Gasteiger partial charge in [-0.15, -0.1) is 0 Å². The van der Waals surface area contributed by atoms with Gasteiger partial charge in [-0.2, -0.15) is 0 Å². The Morgan fingerprint density at radius 2 is 1.88 bits per heavy atom. The van der Waals surface area contributed by atoms with E-state index in [2.05, 4.69) is 0 Å². The molecule has 0 spiro atoms. The van der Waals surface area contributed by atoms with Crippen molar-refractivity contribution >= 4 is 5.97 Å². The first-order valence-corrected chi connectivity index (χ1v) is 11.0. The molecule has 8 heteroatoms. The van der Waals surface area contributed by atoms with Crippen LogP contribution in [0.3, 0.4) is 0 Å². The van der Waals surface area contributed by atoms with E-state index in [4.69, 9.17) is 24.4 Å². The van der Waals surface area contributed by atoms with E-state index in [0.29, 0.717) is 47.8 Å². The third-order valence-electron chi connectivity index (χ3n) is 6.23. The first-order chi connectivity index (χ1) is 16.4. The topological polar surface area (TPSA) is 85.2 Å². The summed E-state index contributed by atoms with van der Waals surface area (Å²) in [6.45, 7) is -0.114. The largest absolute Gasteiger partial charge is 0.492 e. The monoisotopic (exact) mass is 468 g/mol. The van der Waals surface area contributed by atoms with Crippen LogP contribution in [0.1, 0.15) is 47.1 Å². The van der Waals surface area contributed by atoms with Crippen LogP contribution in [-0.2, 0) is 17.8 Å². The Hall–Kier alpha value is -3.65. The van der Waals surface area contributed by atoms with Crippen LogP contribution in [0.25, 0.3) is 0 Å². The van der Waals surface area contributed by atoms with Crippen LogP contribution >= 0.6 is 0 Å². The van der Waals surface area contributed by atoms with Crippen molar-refractivity contribution < 1.29 is 38.0 Å². The van der Waals surface area contributed by atoms with Gasteiger partial charge in [0.05, 0.1) is 19.6 Å². The number of aliphatic carboxylic acids is 1. The lowest BCUT2D eigenvalue weighted by Crippen LogP contribution is -2.07. The molecule has 1 unspecified atom stereocenters. The van der Waals surface area contributed by atoms with Gasteiger partial charge in [0.15, 0.2) is 0 Å². The van der Waals surface area contributed by atoms with Crippen molar-refractivity contribution in [1.82, 2.24) is 0 Å². The van der Waals surface area contributed by atoms with Crippen LogP contribution < -0.4 is 14.2 Å². The zero-order chi connectivity index (χ0) is 23.8. The minimum atomic E-state index is -0.884. The van der Waals surface area contributed by atoms with Crippen molar-refractivity contribution in [1.29, 1.82) is 0 Å². The van der Waals surface area contributed by atoms with Crippen LogP contribution in [0.2, 0.25) is 0 Å². The van der Waals surface area contributed by atoms with E-state index in [0.717, 1.165) is 5.56 Å². The lowest BCUT2D eigenvalue weighted by molar-refractivity contribution is -0.137. The standard InChI is InChI=1S/C26H22F2O6/c27-20-6-8-22(33-16-2-1-14(12-29)21(28)10-16)19-5-7-23(26(19)20)34-17-3-4-18-15(9-25(30)31)13-32-24(18)11-17/h1-4,6,8,10-11,15,23,29H,5,7,9,12-13H2,(H,30,31)/t15?,23-/m1/s1. The van der Waals surface area contributed by atoms with Crippen LogP contribution in [0.15, 0.2) is 48.5 Å². The van der Waals surface area contributed by atoms with Crippen LogP contribution in [0.4, 0.5) is 8.78 Å². The van der Waals surface area contributed by atoms with Gasteiger partial charge >= 0.3 is 5.97 Å². The number of benzene rings is 3. The lowest BCUT2D eigenvalue weighted by atomic mass is 9.98. The van der Waals surface area contributed by atoms with Crippen molar-refractivity contribution in [2.45, 2.75) is 37.9 Å². The Balaban J connectivity index is 1.37. The predicted octanol–water partition coefficient (Wildman–Crippen LogP) is 5.27. The average Bonchev–Trinajstić information content (AvgIpc) is 3.40. The maximum Gasteiger partial charge on any atom is 0.304 e. The summed E-state index contributed by atoms with van der Waals surface area (Å²) in [4.78, 5) is 11.0. The number of ether oxygens (including phenoxy) is 3. The quantitative estimate of drug-likeness (QED) is 0.492. The Bertz CT molecular complexity index is 1260. The number of fused-ring (bicyclic) bond motifs is 2. The van der Waals surface area contributed by atoms with Crippen LogP contribution in [0, 0.1) is 11.6 Å². The Morgan fingerprint density at radius 1 is 1.06 bits per heavy atom. The highest BCUT2D eigenvalue weighted by atomic mass is 19.1. The lowest BCUT2D eigenvalue weighted by Gasteiger charge is -2.17. The number of aliphatic hydroxyl groups is 1. The number of carboxylic acid groups (broad SMARTS) is 1. The molecule has 2 atom stereocenters. The fraction of sp³-hybridized carbons (Fsp3) is 0.269. The van der Waals surface area contributed by atoms with E-state index in [1.54, 1.807) is 24.3 Å². The number of aliphatic hydroxyl groups excluding tert-OH is 1. The SMILES string of the molecule is O=C(O)CC1COc2cc(O[C@@H]3CCc4c(Oc5ccc(CO)c(F)c5)ccc(F)c43)ccc21. The van der Waals surface area contributed by atoms with Crippen LogP contribution in [0.5, 0.6) is 23.0 Å². The number of carboxylic acids is 1. The fourth-order valence-corrected chi connectivity index (χ4v) is 4.58. The molecule has 0 radical (unpaired) electrons. The summed E-state index contributed by atoms with van der Waals surface area (Å²) in [5, 5.41) is 18.2. The Kier molecular flexibility index (Phi) is 5.83. The predicted molar refractivity (Wildman–Crippen MR) is 117 cm³/mol. The smallest absolute Gasteiger partial charge is 0.304 e. The molecule has 3 aromatic carbocycles. The van der Waals surface area contributed by atoms with E-state index < -0.39 is 30.3 Å². The number of hydrogen-bond donors (Lipinski definition) is 2. The van der Waals surface area contributed by atoms with E-state index in [1.165, 1.54) is 24.3 Å². The highest BCUT2D eigenvalue weighted by molar-refractivity contribution is 5.68. The molecule has 0 bridgehead atoms. The van der Waals surface area contributed by atoms with Gasteiger partial charge in [0.1, 0.15) is 40.7 Å². The summed E-state index contributed by atoms with van der Waals surface area (Å²) in [7, 11) is 0. The van der Waals surface area contributed by atoms with Gasteiger partial charge in [-0.05, 0) is 37.1 Å². The second kappa shape index (κ2) is 8.95. The molecule has 1 heterocycles. The second-order valence-electron chi connectivity index (χ2n) is 8.40. The molecular formula is C26H22F2O6. The number of halogens is 2. The maximum atomic E-state index is 14.8. The Labute approximate surface area is 194 Å². The zero-order valence-corrected chi connectivity index (χ0v) is 18.1. The molecule has 0 amide bonds. The molecule has 6 nitrogen and oxygen atoms in total.